The van der Waals surface area contributed by atoms with Crippen molar-refractivity contribution in [3.63, 3.8) is 0 Å². The second-order valence-electron chi connectivity index (χ2n) is 9.59. The van der Waals surface area contributed by atoms with Crippen LogP contribution in [-0.2, 0) is 0 Å². The van der Waals surface area contributed by atoms with E-state index in [1.165, 1.54) is 15.9 Å². The summed E-state index contributed by atoms with van der Waals surface area (Å²) in [5.74, 6) is 2.24. The fourth-order valence-electron chi connectivity index (χ4n) is 4.79. The molecule has 9 nitrogen and oxygen atoms in total. The first-order valence-corrected chi connectivity index (χ1v) is 13.6. The van der Waals surface area contributed by atoms with Crippen LogP contribution in [0.3, 0.4) is 0 Å². The number of likely N-dealkylation sites (tertiary alicyclic amines) is 1. The van der Waals surface area contributed by atoms with E-state index in [1.54, 1.807) is 36.1 Å². The number of anilines is 1. The maximum absolute atomic E-state index is 12.7. The molecule has 0 atom stereocenters. The highest BCUT2D eigenvalue weighted by atomic mass is 32.1. The van der Waals surface area contributed by atoms with Crippen LogP contribution in [0.5, 0.6) is 17.2 Å². The number of ether oxygens (including phenoxy) is 2. The number of fused-ring (bicyclic) bond motifs is 2. The Bertz CT molecular complexity index is 1680. The molecule has 4 heterocycles. The van der Waals surface area contributed by atoms with Crippen molar-refractivity contribution in [2.45, 2.75) is 12.8 Å². The lowest BCUT2D eigenvalue weighted by molar-refractivity contribution is 0.160. The summed E-state index contributed by atoms with van der Waals surface area (Å²) in [4.78, 5) is 27.4. The van der Waals surface area contributed by atoms with E-state index in [2.05, 4.69) is 32.1 Å². The van der Waals surface area contributed by atoms with Gasteiger partial charge in [0.05, 0.1) is 24.2 Å². The molecule has 5 aromatic rings. The van der Waals surface area contributed by atoms with E-state index in [0.29, 0.717) is 46.1 Å². The van der Waals surface area contributed by atoms with Crippen molar-refractivity contribution in [2.24, 2.45) is 5.92 Å². The van der Waals surface area contributed by atoms with Crippen molar-refractivity contribution >= 4 is 50.0 Å². The number of hydrogen-bond donors (Lipinski definition) is 1. The maximum atomic E-state index is 12.7. The Hall–Kier alpha value is -4.46. The first kappa shape index (κ1) is 24.9. The summed E-state index contributed by atoms with van der Waals surface area (Å²) in [5.41, 5.74) is 1.88. The number of rotatable bonds is 6. The van der Waals surface area contributed by atoms with Crippen molar-refractivity contribution in [2.75, 3.05) is 32.1 Å². The number of benzene rings is 2. The molecule has 3 aromatic heterocycles. The van der Waals surface area contributed by atoms with Gasteiger partial charge in [-0.3, -0.25) is 14.9 Å². The van der Waals surface area contributed by atoms with Gasteiger partial charge in [0.2, 0.25) is 5.69 Å². The number of amides is 1. The molecule has 0 unspecified atom stereocenters. The summed E-state index contributed by atoms with van der Waals surface area (Å²) in [6.07, 6.45) is 7.24. The number of aromatic nitrogens is 3. The van der Waals surface area contributed by atoms with Crippen molar-refractivity contribution < 1.29 is 14.3 Å². The minimum absolute atomic E-state index is 0.283. The number of nitrogens with zero attached hydrogens (tertiary/aromatic N) is 5. The minimum atomic E-state index is -0.283. The summed E-state index contributed by atoms with van der Waals surface area (Å²) >= 11 is 1.36. The minimum Gasteiger partial charge on any atom is -0.504 e. The molecule has 1 saturated heterocycles. The van der Waals surface area contributed by atoms with Gasteiger partial charge in [-0.2, -0.15) is 0 Å². The number of nitrogens with one attached hydrogen (secondary N) is 1. The molecular weight excluding hydrogens is 512 g/mol. The molecule has 6 rings (SSSR count). The van der Waals surface area contributed by atoms with Gasteiger partial charge in [-0.15, -0.1) is 11.3 Å². The van der Waals surface area contributed by atoms with Crippen molar-refractivity contribution in [1.82, 2.24) is 19.4 Å². The van der Waals surface area contributed by atoms with Crippen LogP contribution in [0, 0.1) is 12.5 Å². The molecule has 0 aliphatic carbocycles. The van der Waals surface area contributed by atoms with Crippen LogP contribution in [0.25, 0.3) is 26.7 Å². The first-order valence-electron chi connectivity index (χ1n) is 12.7. The van der Waals surface area contributed by atoms with Crippen LogP contribution in [-0.4, -0.2) is 52.2 Å². The van der Waals surface area contributed by atoms with Gasteiger partial charge in [0.15, 0.2) is 5.13 Å². The first-order chi connectivity index (χ1) is 19.1. The van der Waals surface area contributed by atoms with Gasteiger partial charge in [0.1, 0.15) is 17.2 Å². The van der Waals surface area contributed by atoms with Gasteiger partial charge in [-0.05, 0) is 81.4 Å². The summed E-state index contributed by atoms with van der Waals surface area (Å²) in [5, 5.41) is 6.73. The molecule has 0 bridgehead atoms. The zero-order chi connectivity index (χ0) is 26.8. The number of hydrogen-bond acceptors (Lipinski definition) is 7. The standard InChI is InChI=1S/C29H26N6O3S/c1-30-24-16-22-23(17-27(24)37-18-19-6-11-34(2)12-7-19)31-9-5-26(22)38-21-3-4-25-20(15-21)8-13-35(25)29(36)33-28-32-10-14-39-28/h3-5,8-10,13-17,19H,6-7,11-12,18H2,2H3,(H,32,33,36). The van der Waals surface area contributed by atoms with Crippen LogP contribution in [0.1, 0.15) is 12.8 Å². The van der Waals surface area contributed by atoms with E-state index < -0.39 is 0 Å². The second kappa shape index (κ2) is 10.7. The quantitative estimate of drug-likeness (QED) is 0.240. The molecule has 1 N–H and O–H groups in total. The highest BCUT2D eigenvalue weighted by molar-refractivity contribution is 7.13. The van der Waals surface area contributed by atoms with Crippen LogP contribution >= 0.6 is 11.3 Å². The van der Waals surface area contributed by atoms with Crippen LogP contribution in [0.15, 0.2) is 66.4 Å². The lowest BCUT2D eigenvalue weighted by Crippen LogP contribution is -2.32. The monoisotopic (exact) mass is 538 g/mol. The van der Waals surface area contributed by atoms with Crippen LogP contribution in [0.2, 0.25) is 0 Å². The normalized spacial score (nSPS) is 14.4. The van der Waals surface area contributed by atoms with Gasteiger partial charge in [-0.25, -0.2) is 14.6 Å². The van der Waals surface area contributed by atoms with E-state index in [9.17, 15) is 4.79 Å². The Morgan fingerprint density at radius 3 is 2.79 bits per heavy atom. The Morgan fingerprint density at radius 2 is 2.00 bits per heavy atom. The Balaban J connectivity index is 1.22. The average Bonchev–Trinajstić information content (AvgIpc) is 3.62. The molecule has 39 heavy (non-hydrogen) atoms. The average molecular weight is 539 g/mol. The number of thiazole rings is 1. The van der Waals surface area contributed by atoms with E-state index in [1.807, 2.05) is 30.3 Å². The Labute approximate surface area is 229 Å². The fraction of sp³-hybridized carbons (Fsp3) is 0.241. The number of piperidine rings is 1. The third-order valence-electron chi connectivity index (χ3n) is 6.97. The van der Waals surface area contributed by atoms with Gasteiger partial charge >= 0.3 is 6.03 Å². The molecule has 1 aliphatic rings. The van der Waals surface area contributed by atoms with Gasteiger partial charge in [-0.1, -0.05) is 0 Å². The lowest BCUT2D eigenvalue weighted by Gasteiger charge is -2.28. The maximum Gasteiger partial charge on any atom is 0.332 e. The SMILES string of the molecule is [C-]#[N+]c1cc2c(Oc3ccc4c(ccn4C(=O)Nc4nccs4)c3)ccnc2cc1OCC1CCN(C)CC1. The molecule has 2 aromatic carbocycles. The molecule has 1 aliphatic heterocycles. The smallest absolute Gasteiger partial charge is 0.332 e. The van der Waals surface area contributed by atoms with Gasteiger partial charge in [0.25, 0.3) is 0 Å². The number of pyridine rings is 1. The third kappa shape index (κ3) is 5.27. The summed E-state index contributed by atoms with van der Waals surface area (Å²) in [6.45, 7) is 10.5. The van der Waals surface area contributed by atoms with Crippen molar-refractivity contribution in [3.05, 3.63) is 77.9 Å². The predicted molar refractivity (Wildman–Crippen MR) is 152 cm³/mol. The highest BCUT2D eigenvalue weighted by Crippen LogP contribution is 2.38. The highest BCUT2D eigenvalue weighted by Gasteiger charge is 2.19. The fourth-order valence-corrected chi connectivity index (χ4v) is 5.31. The van der Waals surface area contributed by atoms with E-state index in [-0.39, 0.29) is 6.03 Å². The van der Waals surface area contributed by atoms with Crippen molar-refractivity contribution in [3.8, 4) is 17.2 Å². The zero-order valence-electron chi connectivity index (χ0n) is 21.3. The Morgan fingerprint density at radius 1 is 1.13 bits per heavy atom. The molecule has 0 radical (unpaired) electrons. The van der Waals surface area contributed by atoms with Crippen molar-refractivity contribution in [1.29, 1.82) is 0 Å². The topological polar surface area (TPSA) is 85.9 Å². The molecular formula is C29H26N6O3S. The second-order valence-corrected chi connectivity index (χ2v) is 10.5. The van der Waals surface area contributed by atoms with Crippen LogP contribution in [0.4, 0.5) is 15.6 Å². The predicted octanol–water partition coefficient (Wildman–Crippen LogP) is 6.79. The molecule has 10 heteroatoms. The molecule has 0 saturated carbocycles. The molecule has 1 amide bonds. The third-order valence-corrected chi connectivity index (χ3v) is 7.66. The molecule has 196 valence electrons. The van der Waals surface area contributed by atoms with E-state index in [0.717, 1.165) is 42.2 Å². The Kier molecular flexibility index (Phi) is 6.84. The summed E-state index contributed by atoms with van der Waals surface area (Å²) in [6, 6.07) is 12.5. The molecule has 1 fully saturated rings. The van der Waals surface area contributed by atoms with E-state index >= 15 is 0 Å². The summed E-state index contributed by atoms with van der Waals surface area (Å²) < 4.78 is 13.9. The van der Waals surface area contributed by atoms with Gasteiger partial charge < -0.3 is 14.4 Å². The zero-order valence-corrected chi connectivity index (χ0v) is 22.1. The van der Waals surface area contributed by atoms with Gasteiger partial charge in [0, 0.05) is 34.7 Å². The lowest BCUT2D eigenvalue weighted by atomic mass is 9.98. The molecule has 0 spiro atoms. The number of carbonyl (C=O) groups excluding carboxylic acids is 1. The van der Waals surface area contributed by atoms with Crippen LogP contribution < -0.4 is 14.8 Å². The summed E-state index contributed by atoms with van der Waals surface area (Å²) in [7, 11) is 2.14. The van der Waals surface area contributed by atoms with E-state index in [4.69, 9.17) is 16.0 Å². The number of carbonyl (C=O) groups is 1. The largest absolute Gasteiger partial charge is 0.504 e.